The summed E-state index contributed by atoms with van der Waals surface area (Å²) in [6, 6.07) is 14.9. The van der Waals surface area contributed by atoms with Gasteiger partial charge in [0.05, 0.1) is 6.04 Å². The van der Waals surface area contributed by atoms with Crippen molar-refractivity contribution in [1.29, 1.82) is 0 Å². The predicted octanol–water partition coefficient (Wildman–Crippen LogP) is 4.34. The zero-order chi connectivity index (χ0) is 15.2. The number of hydrogen-bond donors (Lipinski definition) is 1. The van der Waals surface area contributed by atoms with Gasteiger partial charge in [-0.25, -0.2) is 0 Å². The van der Waals surface area contributed by atoms with E-state index < -0.39 is 0 Å². The number of likely N-dealkylation sites (N-methyl/N-ethyl adjacent to an activating group) is 1. The maximum absolute atomic E-state index is 6.08. The standard InChI is InChI=1S/C19H25NO/c1-5-20-18(17-11-7-6-9-15(17)3)13-21-19-12-8-10-14(2)16(19)4/h6-12,18,20H,5,13H2,1-4H3. The second-order valence-electron chi connectivity index (χ2n) is 5.48. The van der Waals surface area contributed by atoms with Crippen LogP contribution in [-0.2, 0) is 0 Å². The van der Waals surface area contributed by atoms with Crippen molar-refractivity contribution in [2.45, 2.75) is 33.7 Å². The van der Waals surface area contributed by atoms with Gasteiger partial charge in [0.15, 0.2) is 0 Å². The number of nitrogens with one attached hydrogen (secondary N) is 1. The molecule has 2 aromatic carbocycles. The SMILES string of the molecule is CCNC(COc1cccc(C)c1C)c1ccccc1C. The van der Waals surface area contributed by atoms with Crippen LogP contribution in [0.15, 0.2) is 42.5 Å². The van der Waals surface area contributed by atoms with Crippen LogP contribution < -0.4 is 10.1 Å². The molecule has 112 valence electrons. The monoisotopic (exact) mass is 283 g/mol. The lowest BCUT2D eigenvalue weighted by Crippen LogP contribution is -2.27. The molecule has 0 aliphatic carbocycles. The molecule has 1 atom stereocenters. The first-order valence-electron chi connectivity index (χ1n) is 7.61. The molecule has 1 N–H and O–H groups in total. The van der Waals surface area contributed by atoms with Crippen LogP contribution in [0.4, 0.5) is 0 Å². The Morgan fingerprint density at radius 1 is 0.952 bits per heavy atom. The van der Waals surface area contributed by atoms with Crippen LogP contribution in [-0.4, -0.2) is 13.2 Å². The first kappa shape index (κ1) is 15.6. The lowest BCUT2D eigenvalue weighted by Gasteiger charge is -2.21. The summed E-state index contributed by atoms with van der Waals surface area (Å²) in [6.45, 7) is 10.1. The van der Waals surface area contributed by atoms with Gasteiger partial charge >= 0.3 is 0 Å². The smallest absolute Gasteiger partial charge is 0.122 e. The van der Waals surface area contributed by atoms with Gasteiger partial charge in [-0.1, -0.05) is 43.3 Å². The maximum Gasteiger partial charge on any atom is 0.122 e. The van der Waals surface area contributed by atoms with E-state index in [2.05, 4.69) is 63.3 Å². The first-order valence-corrected chi connectivity index (χ1v) is 7.61. The Labute approximate surface area is 128 Å². The third-order valence-corrected chi connectivity index (χ3v) is 3.97. The summed E-state index contributed by atoms with van der Waals surface area (Å²) < 4.78 is 6.08. The van der Waals surface area contributed by atoms with E-state index >= 15 is 0 Å². The van der Waals surface area contributed by atoms with Crippen molar-refractivity contribution in [3.05, 3.63) is 64.7 Å². The summed E-state index contributed by atoms with van der Waals surface area (Å²) >= 11 is 0. The molecule has 0 aliphatic heterocycles. The molecule has 21 heavy (non-hydrogen) atoms. The van der Waals surface area contributed by atoms with Gasteiger partial charge in [0.1, 0.15) is 12.4 Å². The first-order chi connectivity index (χ1) is 10.1. The van der Waals surface area contributed by atoms with E-state index in [1.807, 2.05) is 12.1 Å². The molecule has 0 saturated carbocycles. The van der Waals surface area contributed by atoms with E-state index in [-0.39, 0.29) is 6.04 Å². The Bertz CT molecular complexity index is 592. The van der Waals surface area contributed by atoms with Crippen molar-refractivity contribution in [2.75, 3.05) is 13.2 Å². The average molecular weight is 283 g/mol. The Morgan fingerprint density at radius 2 is 1.67 bits per heavy atom. The molecule has 0 aliphatic rings. The number of aryl methyl sites for hydroxylation is 2. The quantitative estimate of drug-likeness (QED) is 0.851. The van der Waals surface area contributed by atoms with E-state index in [9.17, 15) is 0 Å². The van der Waals surface area contributed by atoms with Crippen LogP contribution in [0.25, 0.3) is 0 Å². The summed E-state index contributed by atoms with van der Waals surface area (Å²) in [4.78, 5) is 0. The summed E-state index contributed by atoms with van der Waals surface area (Å²) in [5.74, 6) is 0.978. The normalized spacial score (nSPS) is 12.2. The highest BCUT2D eigenvalue weighted by atomic mass is 16.5. The maximum atomic E-state index is 6.08. The molecule has 2 aromatic rings. The van der Waals surface area contributed by atoms with Crippen LogP contribution in [0, 0.1) is 20.8 Å². The zero-order valence-electron chi connectivity index (χ0n) is 13.4. The van der Waals surface area contributed by atoms with Gasteiger partial charge in [0.25, 0.3) is 0 Å². The van der Waals surface area contributed by atoms with E-state index in [4.69, 9.17) is 4.74 Å². The number of ether oxygens (including phenoxy) is 1. The van der Waals surface area contributed by atoms with Crippen molar-refractivity contribution >= 4 is 0 Å². The number of benzene rings is 2. The Balaban J connectivity index is 2.14. The highest BCUT2D eigenvalue weighted by molar-refractivity contribution is 5.38. The molecule has 1 unspecified atom stereocenters. The predicted molar refractivity (Wildman–Crippen MR) is 89.0 cm³/mol. The molecule has 0 heterocycles. The molecule has 2 heteroatoms. The van der Waals surface area contributed by atoms with E-state index in [1.165, 1.54) is 22.3 Å². The minimum Gasteiger partial charge on any atom is -0.491 e. The molecule has 0 radical (unpaired) electrons. The largest absolute Gasteiger partial charge is 0.491 e. The minimum atomic E-state index is 0.219. The van der Waals surface area contributed by atoms with Crippen LogP contribution in [0.5, 0.6) is 5.75 Å². The van der Waals surface area contributed by atoms with Crippen LogP contribution in [0.3, 0.4) is 0 Å². The fourth-order valence-corrected chi connectivity index (χ4v) is 2.54. The van der Waals surface area contributed by atoms with Gasteiger partial charge in [0, 0.05) is 0 Å². The fraction of sp³-hybridized carbons (Fsp3) is 0.368. The third-order valence-electron chi connectivity index (χ3n) is 3.97. The van der Waals surface area contributed by atoms with Crippen molar-refractivity contribution in [3.8, 4) is 5.75 Å². The number of hydrogen-bond acceptors (Lipinski definition) is 2. The Kier molecular flexibility index (Phi) is 5.40. The summed E-state index contributed by atoms with van der Waals surface area (Å²) in [6.07, 6.45) is 0. The molecular weight excluding hydrogens is 258 g/mol. The molecule has 2 nitrogen and oxygen atoms in total. The highest BCUT2D eigenvalue weighted by Crippen LogP contribution is 2.23. The second-order valence-corrected chi connectivity index (χ2v) is 5.48. The second kappa shape index (κ2) is 7.28. The van der Waals surface area contributed by atoms with E-state index in [1.54, 1.807) is 0 Å². The highest BCUT2D eigenvalue weighted by Gasteiger charge is 2.14. The fourth-order valence-electron chi connectivity index (χ4n) is 2.54. The molecular formula is C19H25NO. The van der Waals surface area contributed by atoms with Crippen molar-refractivity contribution in [3.63, 3.8) is 0 Å². The Hall–Kier alpha value is -1.80. The molecule has 0 fully saturated rings. The third kappa shape index (κ3) is 3.85. The summed E-state index contributed by atoms with van der Waals surface area (Å²) in [5.41, 5.74) is 5.10. The van der Waals surface area contributed by atoms with E-state index in [0.29, 0.717) is 6.61 Å². The van der Waals surface area contributed by atoms with Gasteiger partial charge in [-0.3, -0.25) is 0 Å². The molecule has 0 aromatic heterocycles. The molecule has 0 spiro atoms. The topological polar surface area (TPSA) is 21.3 Å². The van der Waals surface area contributed by atoms with Crippen molar-refractivity contribution in [1.82, 2.24) is 5.32 Å². The lowest BCUT2D eigenvalue weighted by molar-refractivity contribution is 0.266. The molecule has 0 amide bonds. The lowest BCUT2D eigenvalue weighted by atomic mass is 10.0. The Morgan fingerprint density at radius 3 is 2.38 bits per heavy atom. The van der Waals surface area contributed by atoms with Gasteiger partial charge in [-0.15, -0.1) is 0 Å². The van der Waals surface area contributed by atoms with Gasteiger partial charge in [-0.05, 0) is 55.6 Å². The number of rotatable bonds is 6. The van der Waals surface area contributed by atoms with Gasteiger partial charge in [0.2, 0.25) is 0 Å². The molecule has 0 bridgehead atoms. The van der Waals surface area contributed by atoms with Gasteiger partial charge in [-0.2, -0.15) is 0 Å². The summed E-state index contributed by atoms with van der Waals surface area (Å²) in [7, 11) is 0. The summed E-state index contributed by atoms with van der Waals surface area (Å²) in [5, 5.41) is 3.52. The van der Waals surface area contributed by atoms with Crippen LogP contribution >= 0.6 is 0 Å². The molecule has 0 saturated heterocycles. The van der Waals surface area contributed by atoms with Crippen LogP contribution in [0.2, 0.25) is 0 Å². The van der Waals surface area contributed by atoms with Crippen molar-refractivity contribution < 1.29 is 4.74 Å². The zero-order valence-corrected chi connectivity index (χ0v) is 13.4. The van der Waals surface area contributed by atoms with E-state index in [0.717, 1.165) is 12.3 Å². The van der Waals surface area contributed by atoms with Crippen LogP contribution in [0.1, 0.15) is 35.2 Å². The minimum absolute atomic E-state index is 0.219. The molecule has 2 rings (SSSR count). The average Bonchev–Trinajstić information content (AvgIpc) is 2.48. The van der Waals surface area contributed by atoms with Crippen molar-refractivity contribution in [2.24, 2.45) is 0 Å². The van der Waals surface area contributed by atoms with Gasteiger partial charge < -0.3 is 10.1 Å².